The molecule has 0 heterocycles. The molecule has 1 atom stereocenters. The Kier molecular flexibility index (Phi) is 9.02. The van der Waals surface area contributed by atoms with E-state index in [1.54, 1.807) is 20.8 Å². The second kappa shape index (κ2) is 9.89. The molecule has 24 heavy (non-hydrogen) atoms. The van der Waals surface area contributed by atoms with Crippen LogP contribution in [-0.2, 0) is 19.1 Å². The number of Topliss-reactive ketones (excluding diaryl/α,β-unsaturated/α-hetero) is 1. The Morgan fingerprint density at radius 2 is 1.67 bits per heavy atom. The van der Waals surface area contributed by atoms with E-state index in [0.29, 0.717) is 6.42 Å². The van der Waals surface area contributed by atoms with E-state index in [1.165, 1.54) is 0 Å². The number of ether oxygens (including phenoxy) is 1. The smallest absolute Gasteiger partial charge is 0.408 e. The summed E-state index contributed by atoms with van der Waals surface area (Å²) in [6.45, 7) is 8.69. The van der Waals surface area contributed by atoms with Crippen LogP contribution in [0.25, 0.3) is 0 Å². The molecule has 0 rings (SSSR count). The first-order valence-electron chi connectivity index (χ1n) is 7.91. The predicted molar refractivity (Wildman–Crippen MR) is 87.5 cm³/mol. The van der Waals surface area contributed by atoms with Crippen molar-refractivity contribution in [3.8, 4) is 0 Å². The van der Waals surface area contributed by atoms with Crippen molar-refractivity contribution in [3.05, 3.63) is 0 Å². The highest BCUT2D eigenvalue weighted by molar-refractivity contribution is 5.92. The van der Waals surface area contributed by atoms with Gasteiger partial charge < -0.3 is 20.5 Å². The van der Waals surface area contributed by atoms with Gasteiger partial charge in [-0.1, -0.05) is 13.8 Å². The summed E-state index contributed by atoms with van der Waals surface area (Å²) in [5, 5.41) is 13.4. The predicted octanol–water partition coefficient (Wildman–Crippen LogP) is 1.48. The first-order valence-corrected chi connectivity index (χ1v) is 7.91. The molecule has 0 radical (unpaired) electrons. The summed E-state index contributed by atoms with van der Waals surface area (Å²) in [6, 6.07) is -0.778. The summed E-state index contributed by atoms with van der Waals surface area (Å²) < 4.78 is 5.14. The van der Waals surface area contributed by atoms with Crippen molar-refractivity contribution >= 4 is 23.8 Å². The van der Waals surface area contributed by atoms with E-state index in [9.17, 15) is 19.2 Å². The van der Waals surface area contributed by atoms with Crippen molar-refractivity contribution in [2.45, 2.75) is 65.5 Å². The molecule has 0 aliphatic heterocycles. The highest BCUT2D eigenvalue weighted by atomic mass is 16.6. The van der Waals surface area contributed by atoms with Crippen molar-refractivity contribution in [1.82, 2.24) is 10.6 Å². The van der Waals surface area contributed by atoms with Crippen molar-refractivity contribution in [2.24, 2.45) is 5.92 Å². The second-order valence-corrected chi connectivity index (χ2v) is 6.97. The molecule has 0 saturated carbocycles. The van der Waals surface area contributed by atoms with Crippen LogP contribution in [0.3, 0.4) is 0 Å². The Morgan fingerprint density at radius 1 is 1.08 bits per heavy atom. The van der Waals surface area contributed by atoms with Gasteiger partial charge in [0, 0.05) is 6.42 Å². The number of carboxylic acid groups (broad SMARTS) is 1. The fraction of sp³-hybridized carbons (Fsp3) is 0.750. The number of hydrogen-bond acceptors (Lipinski definition) is 5. The number of amides is 2. The summed E-state index contributed by atoms with van der Waals surface area (Å²) in [5.41, 5.74) is -0.680. The van der Waals surface area contributed by atoms with Gasteiger partial charge in [0.15, 0.2) is 5.78 Å². The minimum Gasteiger partial charge on any atom is -0.481 e. The Labute approximate surface area is 142 Å². The number of rotatable bonds is 9. The molecule has 138 valence electrons. The van der Waals surface area contributed by atoms with Crippen LogP contribution in [0.2, 0.25) is 0 Å². The van der Waals surface area contributed by atoms with Crippen molar-refractivity contribution < 1.29 is 29.0 Å². The highest BCUT2D eigenvalue weighted by Gasteiger charge is 2.25. The molecule has 2 amide bonds. The summed E-state index contributed by atoms with van der Waals surface area (Å²) >= 11 is 0. The third-order valence-corrected chi connectivity index (χ3v) is 2.81. The third kappa shape index (κ3) is 11.4. The fourth-order valence-corrected chi connectivity index (χ4v) is 1.81. The minimum atomic E-state index is -1.08. The van der Waals surface area contributed by atoms with Crippen LogP contribution in [0.1, 0.15) is 53.9 Å². The second-order valence-electron chi connectivity index (χ2n) is 6.97. The van der Waals surface area contributed by atoms with Crippen LogP contribution in [0, 0.1) is 5.92 Å². The number of carbonyl (C=O) groups is 4. The number of alkyl carbamates (subject to hydrolysis) is 1. The average molecular weight is 344 g/mol. The third-order valence-electron chi connectivity index (χ3n) is 2.81. The van der Waals surface area contributed by atoms with Crippen LogP contribution >= 0.6 is 0 Å². The molecule has 8 heteroatoms. The topological polar surface area (TPSA) is 122 Å². The maximum atomic E-state index is 12.2. The van der Waals surface area contributed by atoms with Crippen LogP contribution in [-0.4, -0.2) is 47.0 Å². The summed E-state index contributed by atoms with van der Waals surface area (Å²) in [7, 11) is 0. The van der Waals surface area contributed by atoms with Crippen LogP contribution in [0.4, 0.5) is 4.79 Å². The molecule has 3 N–H and O–H groups in total. The minimum absolute atomic E-state index is 0.150. The monoisotopic (exact) mass is 344 g/mol. The standard InChI is InChI=1S/C16H28N2O6/c1-10(2)8-11(18-15(23)24-16(3,4)5)12(19)9-17-13(20)6-7-14(21)22/h10-11H,6-9H2,1-5H3,(H,17,20)(H,18,23)(H,21,22). The lowest BCUT2D eigenvalue weighted by Gasteiger charge is -2.24. The normalized spacial score (nSPS) is 12.4. The van der Waals surface area contributed by atoms with Gasteiger partial charge in [-0.3, -0.25) is 14.4 Å². The Bertz CT molecular complexity index is 468. The van der Waals surface area contributed by atoms with Gasteiger partial charge in [0.05, 0.1) is 19.0 Å². The zero-order chi connectivity index (χ0) is 18.9. The van der Waals surface area contributed by atoms with Gasteiger partial charge >= 0.3 is 12.1 Å². The van der Waals surface area contributed by atoms with Gasteiger partial charge in [-0.05, 0) is 33.1 Å². The SMILES string of the molecule is CC(C)CC(NC(=O)OC(C)(C)C)C(=O)CNC(=O)CCC(=O)O. The highest BCUT2D eigenvalue weighted by Crippen LogP contribution is 2.10. The maximum Gasteiger partial charge on any atom is 0.408 e. The zero-order valence-electron chi connectivity index (χ0n) is 15.0. The molecule has 0 aromatic heterocycles. The molecule has 0 aliphatic carbocycles. The van der Waals surface area contributed by atoms with Gasteiger partial charge in [0.1, 0.15) is 5.60 Å². The molecule has 0 aliphatic rings. The zero-order valence-corrected chi connectivity index (χ0v) is 15.0. The molecular formula is C16H28N2O6. The van der Waals surface area contributed by atoms with Crippen molar-refractivity contribution in [3.63, 3.8) is 0 Å². The van der Waals surface area contributed by atoms with Gasteiger partial charge in [0.2, 0.25) is 5.91 Å². The van der Waals surface area contributed by atoms with E-state index in [-0.39, 0.29) is 31.1 Å². The van der Waals surface area contributed by atoms with E-state index in [4.69, 9.17) is 9.84 Å². The molecule has 0 spiro atoms. The Balaban J connectivity index is 4.57. The lowest BCUT2D eigenvalue weighted by molar-refractivity contribution is -0.138. The quantitative estimate of drug-likeness (QED) is 0.582. The van der Waals surface area contributed by atoms with Gasteiger partial charge in [-0.25, -0.2) is 4.79 Å². The molecule has 8 nitrogen and oxygen atoms in total. The van der Waals surface area contributed by atoms with Crippen LogP contribution in [0.5, 0.6) is 0 Å². The van der Waals surface area contributed by atoms with E-state index in [2.05, 4.69) is 10.6 Å². The van der Waals surface area contributed by atoms with Crippen LogP contribution < -0.4 is 10.6 Å². The number of ketones is 1. The Hall–Kier alpha value is -2.12. The largest absolute Gasteiger partial charge is 0.481 e. The fourth-order valence-electron chi connectivity index (χ4n) is 1.81. The lowest BCUT2D eigenvalue weighted by Crippen LogP contribution is -2.47. The number of hydrogen-bond donors (Lipinski definition) is 3. The average Bonchev–Trinajstić information content (AvgIpc) is 2.39. The summed E-state index contributed by atoms with van der Waals surface area (Å²) in [6.07, 6.45) is -0.787. The number of aliphatic carboxylic acids is 1. The molecule has 0 fully saturated rings. The molecule has 0 aromatic rings. The van der Waals surface area contributed by atoms with Gasteiger partial charge in [-0.15, -0.1) is 0 Å². The first-order chi connectivity index (χ1) is 10.9. The number of carbonyl (C=O) groups excluding carboxylic acids is 3. The lowest BCUT2D eigenvalue weighted by atomic mass is 10.0. The molecule has 0 bridgehead atoms. The van der Waals surface area contributed by atoms with E-state index in [0.717, 1.165) is 0 Å². The number of carboxylic acids is 1. The summed E-state index contributed by atoms with van der Waals surface area (Å²) in [5.74, 6) is -1.82. The molecule has 1 unspecified atom stereocenters. The van der Waals surface area contributed by atoms with Gasteiger partial charge in [0.25, 0.3) is 0 Å². The van der Waals surface area contributed by atoms with E-state index < -0.39 is 29.6 Å². The molecule has 0 aromatic carbocycles. The van der Waals surface area contributed by atoms with E-state index >= 15 is 0 Å². The number of nitrogens with one attached hydrogen (secondary N) is 2. The van der Waals surface area contributed by atoms with Crippen LogP contribution in [0.15, 0.2) is 0 Å². The maximum absolute atomic E-state index is 12.2. The Morgan fingerprint density at radius 3 is 2.12 bits per heavy atom. The van der Waals surface area contributed by atoms with Crippen molar-refractivity contribution in [2.75, 3.05) is 6.54 Å². The molecule has 0 saturated heterocycles. The van der Waals surface area contributed by atoms with Crippen molar-refractivity contribution in [1.29, 1.82) is 0 Å². The molecular weight excluding hydrogens is 316 g/mol. The van der Waals surface area contributed by atoms with Gasteiger partial charge in [-0.2, -0.15) is 0 Å². The first kappa shape index (κ1) is 21.9. The summed E-state index contributed by atoms with van der Waals surface area (Å²) in [4.78, 5) is 45.9. The van der Waals surface area contributed by atoms with E-state index in [1.807, 2.05) is 13.8 Å².